The number of likely N-dealkylation sites (tertiary alicyclic amines) is 1. The van der Waals surface area contributed by atoms with Gasteiger partial charge in [-0.25, -0.2) is 0 Å². The Balaban J connectivity index is 1.55. The number of halogens is 2. The van der Waals surface area contributed by atoms with E-state index in [1.165, 1.54) is 4.68 Å². The lowest BCUT2D eigenvalue weighted by Gasteiger charge is -2.38. The van der Waals surface area contributed by atoms with Crippen molar-refractivity contribution in [2.75, 3.05) is 20.2 Å². The van der Waals surface area contributed by atoms with Crippen LogP contribution in [0.2, 0.25) is 5.02 Å². The summed E-state index contributed by atoms with van der Waals surface area (Å²) in [4.78, 5) is 28.1. The van der Waals surface area contributed by atoms with Gasteiger partial charge in [0.2, 0.25) is 0 Å². The number of carbonyl (C=O) groups excluding carboxylic acids is 2. The van der Waals surface area contributed by atoms with Gasteiger partial charge in [-0.1, -0.05) is 23.7 Å². The topological polar surface area (TPSA) is 64.4 Å². The molecule has 2 aromatic carbocycles. The lowest BCUT2D eigenvalue weighted by atomic mass is 10.0. The molecular formula is C22H19ClIN3O3. The molecule has 5 rings (SSSR count). The first-order valence-corrected chi connectivity index (χ1v) is 11.3. The number of methoxy groups -OCH3 is 1. The van der Waals surface area contributed by atoms with Crippen molar-refractivity contribution in [2.45, 2.75) is 24.9 Å². The minimum Gasteiger partial charge on any atom is -0.378 e. The summed E-state index contributed by atoms with van der Waals surface area (Å²) in [6, 6.07) is 11.0. The van der Waals surface area contributed by atoms with Crippen LogP contribution in [-0.4, -0.2) is 52.8 Å². The number of aromatic nitrogens is 2. The predicted octanol–water partition coefficient (Wildman–Crippen LogP) is 4.33. The summed E-state index contributed by atoms with van der Waals surface area (Å²) >= 11 is 8.56. The van der Waals surface area contributed by atoms with E-state index < -0.39 is 0 Å². The largest absolute Gasteiger partial charge is 0.378 e. The number of fused-ring (bicyclic) bond motifs is 1. The van der Waals surface area contributed by atoms with Crippen molar-refractivity contribution in [1.82, 2.24) is 14.7 Å². The molecule has 0 radical (unpaired) electrons. The Morgan fingerprint density at radius 2 is 1.93 bits per heavy atom. The second-order valence-electron chi connectivity index (χ2n) is 7.79. The van der Waals surface area contributed by atoms with Crippen LogP contribution in [-0.2, 0) is 4.74 Å². The third-order valence-corrected chi connectivity index (χ3v) is 6.93. The standard InChI is InChI=1S/C22H19ClIN3O3/c1-30-14-10-26(11-14)21(28)13-7-8-16-18(9-13)27(25-20(16)24)22(29)19-15(12-5-6-12)3-2-4-17(19)23/h2-4,7-9,12,14H,5-6,10-11H2,1H3. The fourth-order valence-corrected chi connectivity index (χ4v) is 4.84. The number of ether oxygens (including phenoxy) is 1. The number of amides is 1. The van der Waals surface area contributed by atoms with Gasteiger partial charge in [0.15, 0.2) is 0 Å². The summed E-state index contributed by atoms with van der Waals surface area (Å²) in [5.41, 5.74) is 2.62. The molecule has 6 nitrogen and oxygen atoms in total. The van der Waals surface area contributed by atoms with Gasteiger partial charge in [-0.15, -0.1) is 0 Å². The normalized spacial score (nSPS) is 16.7. The van der Waals surface area contributed by atoms with Crippen LogP contribution in [0.25, 0.3) is 10.9 Å². The zero-order valence-corrected chi connectivity index (χ0v) is 19.2. The van der Waals surface area contributed by atoms with E-state index in [4.69, 9.17) is 16.3 Å². The Labute approximate surface area is 192 Å². The maximum absolute atomic E-state index is 13.5. The van der Waals surface area contributed by atoms with E-state index in [1.54, 1.807) is 30.2 Å². The van der Waals surface area contributed by atoms with E-state index in [0.717, 1.165) is 23.8 Å². The summed E-state index contributed by atoms with van der Waals surface area (Å²) in [7, 11) is 1.65. The number of nitrogens with zero attached hydrogens (tertiary/aromatic N) is 3. The molecule has 0 atom stereocenters. The minimum atomic E-state index is -0.261. The van der Waals surface area contributed by atoms with Crippen molar-refractivity contribution in [3.8, 4) is 0 Å². The molecule has 2 heterocycles. The van der Waals surface area contributed by atoms with Crippen molar-refractivity contribution in [3.63, 3.8) is 0 Å². The van der Waals surface area contributed by atoms with Crippen LogP contribution in [0, 0.1) is 3.70 Å². The molecule has 30 heavy (non-hydrogen) atoms. The van der Waals surface area contributed by atoms with E-state index >= 15 is 0 Å². The minimum absolute atomic E-state index is 0.0724. The van der Waals surface area contributed by atoms with Crippen LogP contribution in [0.4, 0.5) is 0 Å². The zero-order valence-electron chi connectivity index (χ0n) is 16.3. The maximum Gasteiger partial charge on any atom is 0.280 e. The van der Waals surface area contributed by atoms with Crippen molar-refractivity contribution in [1.29, 1.82) is 0 Å². The molecule has 1 amide bonds. The van der Waals surface area contributed by atoms with Crippen molar-refractivity contribution < 1.29 is 14.3 Å². The molecule has 1 aromatic heterocycles. The van der Waals surface area contributed by atoms with Crippen molar-refractivity contribution in [2.24, 2.45) is 0 Å². The summed E-state index contributed by atoms with van der Waals surface area (Å²) in [6.07, 6.45) is 2.22. The van der Waals surface area contributed by atoms with Gasteiger partial charge in [0, 0.05) is 31.1 Å². The summed E-state index contributed by atoms with van der Waals surface area (Å²) < 4.78 is 7.35. The van der Waals surface area contributed by atoms with E-state index in [1.807, 2.05) is 18.2 Å². The predicted molar refractivity (Wildman–Crippen MR) is 122 cm³/mol. The summed E-state index contributed by atoms with van der Waals surface area (Å²) in [5, 5.41) is 5.75. The van der Waals surface area contributed by atoms with Gasteiger partial charge in [-0.3, -0.25) is 9.59 Å². The van der Waals surface area contributed by atoms with Crippen LogP contribution in [0.15, 0.2) is 36.4 Å². The Morgan fingerprint density at radius 3 is 2.63 bits per heavy atom. The molecule has 1 saturated carbocycles. The number of carbonyl (C=O) groups is 2. The van der Waals surface area contributed by atoms with Gasteiger partial charge < -0.3 is 9.64 Å². The lowest BCUT2D eigenvalue weighted by Crippen LogP contribution is -2.54. The Morgan fingerprint density at radius 1 is 1.17 bits per heavy atom. The number of hydrogen-bond acceptors (Lipinski definition) is 4. The monoisotopic (exact) mass is 535 g/mol. The highest BCUT2D eigenvalue weighted by Gasteiger charge is 2.33. The van der Waals surface area contributed by atoms with Gasteiger partial charge in [0.25, 0.3) is 11.8 Å². The molecule has 0 spiro atoms. The smallest absolute Gasteiger partial charge is 0.280 e. The SMILES string of the molecule is COC1CN(C(=O)c2ccc3c(I)nn(C(=O)c4c(Cl)cccc4C4CC4)c3c2)C1. The molecule has 3 aromatic rings. The zero-order chi connectivity index (χ0) is 21.0. The fourth-order valence-electron chi connectivity index (χ4n) is 3.91. The van der Waals surface area contributed by atoms with E-state index in [-0.39, 0.29) is 17.9 Å². The highest BCUT2D eigenvalue weighted by atomic mass is 127. The Bertz CT molecular complexity index is 1180. The molecule has 1 saturated heterocycles. The third-order valence-electron chi connectivity index (χ3n) is 5.82. The average Bonchev–Trinajstić information content (AvgIpc) is 3.50. The second-order valence-corrected chi connectivity index (χ2v) is 9.21. The summed E-state index contributed by atoms with van der Waals surface area (Å²) in [6.45, 7) is 1.15. The Hall–Kier alpha value is -1.97. The first kappa shape index (κ1) is 20.0. The second kappa shape index (κ2) is 7.62. The number of rotatable bonds is 4. The van der Waals surface area contributed by atoms with Crippen LogP contribution in [0.3, 0.4) is 0 Å². The lowest BCUT2D eigenvalue weighted by molar-refractivity contribution is -0.0191. The van der Waals surface area contributed by atoms with Crippen LogP contribution in [0.5, 0.6) is 0 Å². The average molecular weight is 536 g/mol. The molecule has 8 heteroatoms. The first-order chi connectivity index (χ1) is 14.5. The molecule has 154 valence electrons. The molecule has 1 aliphatic carbocycles. The summed E-state index contributed by atoms with van der Waals surface area (Å²) in [5.74, 6) is 0.0427. The van der Waals surface area contributed by atoms with Crippen molar-refractivity contribution >= 4 is 56.9 Å². The molecule has 0 N–H and O–H groups in total. The van der Waals surface area contributed by atoms with Gasteiger partial charge in [0.05, 0.1) is 22.2 Å². The number of benzene rings is 2. The molecule has 0 bridgehead atoms. The van der Waals surface area contributed by atoms with Crippen LogP contribution >= 0.6 is 34.2 Å². The molecule has 2 fully saturated rings. The van der Waals surface area contributed by atoms with Gasteiger partial charge in [0.1, 0.15) is 3.70 Å². The van der Waals surface area contributed by atoms with E-state index in [2.05, 4.69) is 27.7 Å². The molecule has 0 unspecified atom stereocenters. The molecule has 2 aliphatic rings. The molecule has 1 aliphatic heterocycles. The van der Waals surface area contributed by atoms with E-state index in [9.17, 15) is 9.59 Å². The van der Waals surface area contributed by atoms with Crippen molar-refractivity contribution in [3.05, 3.63) is 61.8 Å². The van der Waals surface area contributed by atoms with E-state index in [0.29, 0.717) is 44.4 Å². The fraction of sp³-hybridized carbons (Fsp3) is 0.318. The number of hydrogen-bond donors (Lipinski definition) is 0. The quantitative estimate of drug-likeness (QED) is 0.467. The highest BCUT2D eigenvalue weighted by molar-refractivity contribution is 14.1. The first-order valence-electron chi connectivity index (χ1n) is 9.81. The van der Waals surface area contributed by atoms with Gasteiger partial charge in [-0.05, 0) is 71.2 Å². The third kappa shape index (κ3) is 3.33. The van der Waals surface area contributed by atoms with Gasteiger partial charge >= 0.3 is 0 Å². The van der Waals surface area contributed by atoms with Crippen LogP contribution < -0.4 is 0 Å². The van der Waals surface area contributed by atoms with Crippen LogP contribution in [0.1, 0.15) is 45.0 Å². The Kier molecular flexibility index (Phi) is 5.07. The highest BCUT2D eigenvalue weighted by Crippen LogP contribution is 2.43. The van der Waals surface area contributed by atoms with Gasteiger partial charge in [-0.2, -0.15) is 9.78 Å². The molecular weight excluding hydrogens is 517 g/mol. The maximum atomic E-state index is 13.5.